The summed E-state index contributed by atoms with van der Waals surface area (Å²) in [7, 11) is 2.04. The number of hydrogen-bond acceptors (Lipinski definition) is 8. The summed E-state index contributed by atoms with van der Waals surface area (Å²) >= 11 is 14.0. The average Bonchev–Trinajstić information content (AvgIpc) is 2.80. The first-order valence-electron chi connectivity index (χ1n) is 10.9. The fourth-order valence-corrected chi connectivity index (χ4v) is 5.56. The molecule has 10 heteroatoms. The quantitative estimate of drug-likeness (QED) is 0.623. The highest BCUT2D eigenvalue weighted by atomic mass is 35.5. The van der Waals surface area contributed by atoms with Crippen molar-refractivity contribution < 1.29 is 0 Å². The van der Waals surface area contributed by atoms with Crippen LogP contribution in [0.5, 0.6) is 0 Å². The van der Waals surface area contributed by atoms with Crippen molar-refractivity contribution in [2.24, 2.45) is 16.5 Å². The summed E-state index contributed by atoms with van der Waals surface area (Å²) in [6.07, 6.45) is 4.51. The maximum absolute atomic E-state index is 6.40. The molecule has 1 aromatic carbocycles. The Kier molecular flexibility index (Phi) is 8.03. The van der Waals surface area contributed by atoms with Gasteiger partial charge in [0.15, 0.2) is 0 Å². The smallest absolute Gasteiger partial charge is 0.203 e. The Morgan fingerprint density at radius 3 is 2.64 bits per heavy atom. The topological polar surface area (TPSA) is 87.0 Å². The third-order valence-electron chi connectivity index (χ3n) is 5.75. The van der Waals surface area contributed by atoms with Gasteiger partial charge in [-0.05, 0) is 30.2 Å². The number of thioether (sulfide) groups is 1. The number of piperazine rings is 1. The Balaban J connectivity index is 1.34. The summed E-state index contributed by atoms with van der Waals surface area (Å²) in [5, 5.41) is 1.08. The van der Waals surface area contributed by atoms with Crippen LogP contribution in [0.15, 0.2) is 63.3 Å². The molecule has 33 heavy (non-hydrogen) atoms. The van der Waals surface area contributed by atoms with E-state index in [0.29, 0.717) is 22.4 Å². The number of pyridine rings is 1. The van der Waals surface area contributed by atoms with Gasteiger partial charge in [-0.1, -0.05) is 47.1 Å². The number of benzene rings is 1. The van der Waals surface area contributed by atoms with Crippen molar-refractivity contribution >= 4 is 40.9 Å². The maximum Gasteiger partial charge on any atom is 0.203 e. The molecule has 2 aliphatic rings. The highest BCUT2D eigenvalue weighted by Gasteiger charge is 2.27. The standard InChI is InChI=1S/C23H29Cl2N7S/c1-30-15-20(33-19-6-2-5-18(24)21(19)25)22(27)29-23(30)32-10-8-31(9-11-32)14-17(26)12-16-4-3-7-28-13-16/h2-7,13,17H,8-12,14-15,26-27H2,1H3. The average molecular weight is 507 g/mol. The van der Waals surface area contributed by atoms with Gasteiger partial charge in [-0.3, -0.25) is 9.88 Å². The van der Waals surface area contributed by atoms with E-state index in [-0.39, 0.29) is 6.04 Å². The van der Waals surface area contributed by atoms with E-state index in [2.05, 4.69) is 25.8 Å². The molecule has 7 nitrogen and oxygen atoms in total. The number of nitrogens with zero attached hydrogens (tertiary/aromatic N) is 5. The number of rotatable bonds is 6. The summed E-state index contributed by atoms with van der Waals surface area (Å²) in [5.41, 5.74) is 13.9. The predicted octanol–water partition coefficient (Wildman–Crippen LogP) is 3.10. The first kappa shape index (κ1) is 24.2. The second-order valence-electron chi connectivity index (χ2n) is 8.34. The van der Waals surface area contributed by atoms with E-state index < -0.39 is 0 Å². The first-order valence-corrected chi connectivity index (χ1v) is 12.5. The molecule has 4 N–H and O–H groups in total. The van der Waals surface area contributed by atoms with E-state index in [1.807, 2.05) is 31.4 Å². The maximum atomic E-state index is 6.40. The van der Waals surface area contributed by atoms with Gasteiger partial charge in [-0.2, -0.15) is 4.99 Å². The lowest BCUT2D eigenvalue weighted by Crippen LogP contribution is -2.55. The predicted molar refractivity (Wildman–Crippen MR) is 138 cm³/mol. The Bertz CT molecular complexity index is 1020. The Morgan fingerprint density at radius 1 is 1.12 bits per heavy atom. The van der Waals surface area contributed by atoms with Gasteiger partial charge >= 0.3 is 0 Å². The van der Waals surface area contributed by atoms with Crippen LogP contribution in [0.3, 0.4) is 0 Å². The number of nitrogens with two attached hydrogens (primary N) is 2. The van der Waals surface area contributed by atoms with Crippen LogP contribution >= 0.6 is 35.0 Å². The zero-order valence-corrected chi connectivity index (χ0v) is 21.0. The van der Waals surface area contributed by atoms with E-state index in [1.54, 1.807) is 12.3 Å². The zero-order valence-electron chi connectivity index (χ0n) is 18.6. The van der Waals surface area contributed by atoms with Crippen LogP contribution in [0, 0.1) is 0 Å². The monoisotopic (exact) mass is 505 g/mol. The molecule has 3 heterocycles. The third kappa shape index (κ3) is 6.13. The van der Waals surface area contributed by atoms with Crippen LogP contribution in [0.1, 0.15) is 5.56 Å². The molecule has 0 amide bonds. The molecule has 2 aliphatic heterocycles. The van der Waals surface area contributed by atoms with Crippen LogP contribution in [0.4, 0.5) is 0 Å². The van der Waals surface area contributed by atoms with Crippen LogP contribution in [-0.2, 0) is 6.42 Å². The number of hydrogen-bond donors (Lipinski definition) is 2. The van der Waals surface area contributed by atoms with Crippen molar-refractivity contribution in [2.75, 3.05) is 46.3 Å². The minimum Gasteiger partial charge on any atom is -0.383 e. The van der Waals surface area contributed by atoms with Gasteiger partial charge in [0, 0.05) is 63.1 Å². The number of aliphatic imine (C=N–C) groups is 1. The molecule has 2 aromatic rings. The number of likely N-dealkylation sites (N-methyl/N-ethyl adjacent to an activating group) is 1. The Morgan fingerprint density at radius 2 is 1.91 bits per heavy atom. The van der Waals surface area contributed by atoms with Gasteiger partial charge in [0.2, 0.25) is 5.96 Å². The minimum atomic E-state index is 0.0897. The van der Waals surface area contributed by atoms with Gasteiger partial charge in [0.05, 0.1) is 21.5 Å². The minimum absolute atomic E-state index is 0.0897. The summed E-state index contributed by atoms with van der Waals surface area (Å²) in [6.45, 7) is 5.20. The highest BCUT2D eigenvalue weighted by Crippen LogP contribution is 2.38. The summed E-state index contributed by atoms with van der Waals surface area (Å²) in [5.74, 6) is 1.44. The molecular weight excluding hydrogens is 477 g/mol. The van der Waals surface area contributed by atoms with Crippen molar-refractivity contribution in [3.05, 3.63) is 69.1 Å². The molecule has 4 rings (SSSR count). The molecule has 0 saturated carbocycles. The SMILES string of the molecule is CN1CC(Sc2cccc(Cl)c2Cl)=C(N)N=C1N1CCN(CC(N)Cc2cccnc2)CC1. The Labute approximate surface area is 209 Å². The van der Waals surface area contributed by atoms with E-state index in [1.165, 1.54) is 17.3 Å². The summed E-state index contributed by atoms with van der Waals surface area (Å²) < 4.78 is 0. The number of aromatic nitrogens is 1. The van der Waals surface area contributed by atoms with E-state index in [0.717, 1.165) is 54.9 Å². The van der Waals surface area contributed by atoms with Gasteiger partial charge < -0.3 is 21.3 Å². The van der Waals surface area contributed by atoms with Crippen molar-refractivity contribution in [3.8, 4) is 0 Å². The summed E-state index contributed by atoms with van der Waals surface area (Å²) in [6, 6.07) is 9.72. The molecule has 0 aliphatic carbocycles. The van der Waals surface area contributed by atoms with Crippen LogP contribution in [0.25, 0.3) is 0 Å². The fourth-order valence-electron chi connectivity index (χ4n) is 4.06. The second-order valence-corrected chi connectivity index (χ2v) is 10.3. The van der Waals surface area contributed by atoms with Gasteiger partial charge in [0.1, 0.15) is 5.82 Å². The number of halogens is 2. The number of guanidine groups is 1. The lowest BCUT2D eigenvalue weighted by atomic mass is 10.1. The fraction of sp³-hybridized carbons (Fsp3) is 0.391. The largest absolute Gasteiger partial charge is 0.383 e. The molecule has 0 radical (unpaired) electrons. The van der Waals surface area contributed by atoms with Crippen LogP contribution < -0.4 is 11.5 Å². The van der Waals surface area contributed by atoms with Crippen molar-refractivity contribution in [3.63, 3.8) is 0 Å². The third-order valence-corrected chi connectivity index (χ3v) is 7.82. The first-order chi connectivity index (χ1) is 15.9. The lowest BCUT2D eigenvalue weighted by Gasteiger charge is -2.41. The van der Waals surface area contributed by atoms with E-state index >= 15 is 0 Å². The summed E-state index contributed by atoms with van der Waals surface area (Å²) in [4.78, 5) is 17.6. The normalized spacial score (nSPS) is 18.5. The second kappa shape index (κ2) is 11.0. The molecule has 176 valence electrons. The molecule has 1 aromatic heterocycles. The molecule has 0 bridgehead atoms. The van der Waals surface area contributed by atoms with E-state index in [9.17, 15) is 0 Å². The molecule has 1 atom stereocenters. The van der Waals surface area contributed by atoms with Gasteiger partial charge in [-0.15, -0.1) is 0 Å². The van der Waals surface area contributed by atoms with Crippen molar-refractivity contribution in [1.82, 2.24) is 19.7 Å². The van der Waals surface area contributed by atoms with Crippen LogP contribution in [0.2, 0.25) is 10.0 Å². The molecule has 0 spiro atoms. The van der Waals surface area contributed by atoms with Crippen molar-refractivity contribution in [1.29, 1.82) is 0 Å². The zero-order chi connectivity index (χ0) is 23.4. The van der Waals surface area contributed by atoms with Crippen LogP contribution in [-0.4, -0.2) is 78.0 Å². The van der Waals surface area contributed by atoms with Gasteiger partial charge in [0.25, 0.3) is 0 Å². The molecule has 1 unspecified atom stereocenters. The Hall–Kier alpha value is -1.97. The van der Waals surface area contributed by atoms with Crippen molar-refractivity contribution in [2.45, 2.75) is 17.4 Å². The molecular formula is C23H29Cl2N7S. The highest BCUT2D eigenvalue weighted by molar-refractivity contribution is 8.03. The van der Waals surface area contributed by atoms with E-state index in [4.69, 9.17) is 39.7 Å². The van der Waals surface area contributed by atoms with Gasteiger partial charge in [-0.25, -0.2) is 0 Å². The molecule has 1 fully saturated rings. The lowest BCUT2D eigenvalue weighted by molar-refractivity contribution is 0.164. The molecule has 1 saturated heterocycles.